The predicted octanol–water partition coefficient (Wildman–Crippen LogP) is 3.39. The number of thioether (sulfide) groups is 1. The third-order valence-corrected chi connectivity index (χ3v) is 6.48. The predicted molar refractivity (Wildman–Crippen MR) is 122 cm³/mol. The van der Waals surface area contributed by atoms with Gasteiger partial charge in [-0.15, -0.1) is 16.4 Å². The van der Waals surface area contributed by atoms with Crippen molar-refractivity contribution in [2.75, 3.05) is 36.8 Å². The van der Waals surface area contributed by atoms with Crippen molar-refractivity contribution in [3.63, 3.8) is 0 Å². The lowest BCUT2D eigenvalue weighted by Crippen LogP contribution is -2.49. The summed E-state index contributed by atoms with van der Waals surface area (Å²) in [6.45, 7) is 2.15. The second kappa shape index (κ2) is 9.75. The Hall–Kier alpha value is -3.18. The van der Waals surface area contributed by atoms with Crippen LogP contribution in [0.25, 0.3) is 12.2 Å². The fourth-order valence-electron chi connectivity index (χ4n) is 3.24. The molecule has 160 valence electrons. The van der Waals surface area contributed by atoms with Crippen molar-refractivity contribution in [1.82, 2.24) is 20.1 Å². The summed E-state index contributed by atoms with van der Waals surface area (Å²) < 4.78 is 0. The molecule has 0 radical (unpaired) electrons. The lowest BCUT2D eigenvalue weighted by Gasteiger charge is -2.35. The Morgan fingerprint density at radius 2 is 2.00 bits per heavy atom. The number of piperazine rings is 1. The van der Waals surface area contributed by atoms with Gasteiger partial charge in [-0.25, -0.2) is 4.98 Å². The van der Waals surface area contributed by atoms with Crippen LogP contribution < -0.4 is 4.90 Å². The molecule has 3 heterocycles. The van der Waals surface area contributed by atoms with Crippen LogP contribution >= 0.6 is 23.1 Å². The molecule has 1 aromatic carbocycles. The van der Waals surface area contributed by atoms with E-state index in [1.54, 1.807) is 34.4 Å². The molecule has 0 bridgehead atoms. The zero-order valence-electron chi connectivity index (χ0n) is 16.5. The zero-order chi connectivity index (χ0) is 21.6. The third kappa shape index (κ3) is 5.30. The van der Waals surface area contributed by atoms with Gasteiger partial charge in [0.2, 0.25) is 11.1 Å². The average molecular weight is 457 g/mol. The molecule has 1 aliphatic rings. The van der Waals surface area contributed by atoms with Gasteiger partial charge in [0, 0.05) is 37.1 Å². The maximum absolute atomic E-state index is 12.6. The first-order valence-electron chi connectivity index (χ1n) is 9.63. The minimum Gasteiger partial charge on any atom is -0.362 e. The summed E-state index contributed by atoms with van der Waals surface area (Å²) in [5.41, 5.74) is 0.684. The second-order valence-electron chi connectivity index (χ2n) is 6.75. The first-order chi connectivity index (χ1) is 15.1. The van der Waals surface area contributed by atoms with E-state index >= 15 is 0 Å². The van der Waals surface area contributed by atoms with Crippen molar-refractivity contribution < 1.29 is 9.72 Å². The molecule has 0 saturated carbocycles. The summed E-state index contributed by atoms with van der Waals surface area (Å²) >= 11 is 2.93. The van der Waals surface area contributed by atoms with Crippen molar-refractivity contribution in [2.45, 2.75) is 5.16 Å². The molecule has 0 atom stereocenters. The lowest BCUT2D eigenvalue weighted by atomic mass is 10.2. The number of hydrogen-bond acceptors (Lipinski definition) is 8. The highest BCUT2D eigenvalue weighted by Crippen LogP contribution is 2.28. The largest absolute Gasteiger partial charge is 0.362 e. The Bertz CT molecular complexity index is 1070. The van der Waals surface area contributed by atoms with E-state index in [2.05, 4.69) is 15.2 Å². The number of benzene rings is 1. The van der Waals surface area contributed by atoms with Gasteiger partial charge in [0.15, 0.2) is 0 Å². The van der Waals surface area contributed by atoms with Crippen LogP contribution in [-0.4, -0.2) is 62.8 Å². The summed E-state index contributed by atoms with van der Waals surface area (Å²) in [5, 5.41) is 20.8. The number of rotatable bonds is 7. The minimum absolute atomic E-state index is 0.00712. The Kier molecular flexibility index (Phi) is 6.63. The number of nitro groups is 1. The first kappa shape index (κ1) is 21.1. The van der Waals surface area contributed by atoms with Gasteiger partial charge in [0.25, 0.3) is 5.69 Å². The smallest absolute Gasteiger partial charge is 0.292 e. The van der Waals surface area contributed by atoms with E-state index in [1.165, 1.54) is 17.8 Å². The second-order valence-corrected chi connectivity index (χ2v) is 8.68. The minimum atomic E-state index is -0.371. The molecule has 4 rings (SSSR count). The fourth-order valence-corrected chi connectivity index (χ4v) is 4.57. The number of amides is 1. The molecule has 1 saturated heterocycles. The Morgan fingerprint density at radius 1 is 1.19 bits per heavy atom. The van der Waals surface area contributed by atoms with E-state index < -0.39 is 0 Å². The Morgan fingerprint density at radius 3 is 2.74 bits per heavy atom. The lowest BCUT2D eigenvalue weighted by molar-refractivity contribution is -0.384. The normalized spacial score (nSPS) is 14.3. The molecular weight excluding hydrogens is 436 g/mol. The SMILES string of the molecule is O=C(CSc1n[nH]c(/C=C/c2cccs2)n1)N1CCN(c2ccccc2[N+](=O)[O-])CC1. The number of H-pyrrole nitrogens is 1. The van der Waals surface area contributed by atoms with E-state index in [0.717, 1.165) is 4.88 Å². The van der Waals surface area contributed by atoms with E-state index in [4.69, 9.17) is 0 Å². The number of nitrogens with zero attached hydrogens (tertiary/aromatic N) is 5. The number of carbonyl (C=O) groups excluding carboxylic acids is 1. The molecule has 0 unspecified atom stereocenters. The molecule has 0 spiro atoms. The average Bonchev–Trinajstić information content (AvgIpc) is 3.48. The maximum atomic E-state index is 12.6. The van der Waals surface area contributed by atoms with Crippen molar-refractivity contribution in [3.8, 4) is 0 Å². The number of anilines is 1. The summed E-state index contributed by atoms with van der Waals surface area (Å²) in [4.78, 5) is 32.7. The van der Waals surface area contributed by atoms with Gasteiger partial charge < -0.3 is 9.80 Å². The van der Waals surface area contributed by atoms with Crippen molar-refractivity contribution in [3.05, 3.63) is 62.6 Å². The number of para-hydroxylation sites is 2. The molecule has 1 N–H and O–H groups in total. The molecule has 1 fully saturated rings. The summed E-state index contributed by atoms with van der Waals surface area (Å²) in [7, 11) is 0. The molecule has 9 nitrogen and oxygen atoms in total. The maximum Gasteiger partial charge on any atom is 0.292 e. The molecule has 3 aromatic rings. The molecule has 11 heteroatoms. The van der Waals surface area contributed by atoms with Gasteiger partial charge in [-0.3, -0.25) is 20.0 Å². The van der Waals surface area contributed by atoms with Crippen LogP contribution in [0.2, 0.25) is 0 Å². The van der Waals surface area contributed by atoms with Gasteiger partial charge in [-0.05, 0) is 29.7 Å². The summed E-state index contributed by atoms with van der Waals surface area (Å²) in [6.07, 6.45) is 3.81. The highest BCUT2D eigenvalue weighted by Gasteiger charge is 2.25. The number of carbonyl (C=O) groups is 1. The Balaban J connectivity index is 1.27. The van der Waals surface area contributed by atoms with Gasteiger partial charge in [-0.1, -0.05) is 30.0 Å². The molecule has 2 aromatic heterocycles. The van der Waals surface area contributed by atoms with Crippen LogP contribution in [0.1, 0.15) is 10.7 Å². The number of hydrogen-bond donors (Lipinski definition) is 1. The van der Waals surface area contributed by atoms with Gasteiger partial charge in [-0.2, -0.15) is 0 Å². The van der Waals surface area contributed by atoms with Crippen LogP contribution in [0.3, 0.4) is 0 Å². The van der Waals surface area contributed by atoms with Crippen molar-refractivity contribution in [2.24, 2.45) is 0 Å². The third-order valence-electron chi connectivity index (χ3n) is 4.81. The van der Waals surface area contributed by atoms with Crippen LogP contribution in [0, 0.1) is 10.1 Å². The van der Waals surface area contributed by atoms with E-state index in [1.807, 2.05) is 34.6 Å². The fraction of sp³-hybridized carbons (Fsp3) is 0.250. The summed E-state index contributed by atoms with van der Waals surface area (Å²) in [5.74, 6) is 0.895. The molecule has 31 heavy (non-hydrogen) atoms. The standard InChI is InChI=1S/C20H20N6O3S2/c27-19(14-31-20-21-18(22-23-20)8-7-15-4-3-13-30-15)25-11-9-24(10-12-25)16-5-1-2-6-17(16)26(28)29/h1-8,13H,9-12,14H2,(H,21,22,23)/b8-7+. The quantitative estimate of drug-likeness (QED) is 0.330. The molecular formula is C20H20N6O3S2. The number of aromatic nitrogens is 3. The topological polar surface area (TPSA) is 108 Å². The summed E-state index contributed by atoms with van der Waals surface area (Å²) in [6, 6.07) is 10.7. The van der Waals surface area contributed by atoms with Crippen LogP contribution in [0.15, 0.2) is 46.9 Å². The number of nitrogens with one attached hydrogen (secondary N) is 1. The van der Waals surface area contributed by atoms with Gasteiger partial charge in [0.05, 0.1) is 10.7 Å². The van der Waals surface area contributed by atoms with E-state index in [0.29, 0.717) is 42.8 Å². The molecule has 1 amide bonds. The molecule has 1 aliphatic heterocycles. The van der Waals surface area contributed by atoms with Crippen LogP contribution in [0.4, 0.5) is 11.4 Å². The number of aromatic amines is 1. The monoisotopic (exact) mass is 456 g/mol. The van der Waals surface area contributed by atoms with Crippen molar-refractivity contribution in [1.29, 1.82) is 0 Å². The van der Waals surface area contributed by atoms with Crippen LogP contribution in [0.5, 0.6) is 0 Å². The number of nitro benzene ring substituents is 1. The highest BCUT2D eigenvalue weighted by atomic mass is 32.2. The first-order valence-corrected chi connectivity index (χ1v) is 11.5. The van der Waals surface area contributed by atoms with Crippen LogP contribution in [-0.2, 0) is 4.79 Å². The Labute approximate surface area is 186 Å². The zero-order valence-corrected chi connectivity index (χ0v) is 18.1. The van der Waals surface area contributed by atoms with Gasteiger partial charge in [0.1, 0.15) is 11.5 Å². The van der Waals surface area contributed by atoms with E-state index in [-0.39, 0.29) is 22.3 Å². The number of thiophene rings is 1. The highest BCUT2D eigenvalue weighted by molar-refractivity contribution is 7.99. The van der Waals surface area contributed by atoms with Gasteiger partial charge >= 0.3 is 0 Å². The molecule has 0 aliphatic carbocycles. The van der Waals surface area contributed by atoms with E-state index in [9.17, 15) is 14.9 Å². The van der Waals surface area contributed by atoms with Crippen molar-refractivity contribution >= 4 is 52.5 Å².